The predicted molar refractivity (Wildman–Crippen MR) is 64.9 cm³/mol. The second-order valence-corrected chi connectivity index (χ2v) is 3.38. The molecule has 0 spiro atoms. The molecule has 1 aromatic heterocycles. The van der Waals surface area contributed by atoms with Crippen molar-refractivity contribution in [2.45, 2.75) is 0 Å². The molecule has 1 aromatic carbocycles. The Balaban J connectivity index is 2.18. The molecule has 0 bridgehead atoms. The summed E-state index contributed by atoms with van der Waals surface area (Å²) in [5.74, 6) is 0.593. The van der Waals surface area contributed by atoms with Crippen LogP contribution in [0.3, 0.4) is 0 Å². The number of nitrogens with zero attached hydrogens (tertiary/aromatic N) is 2. The van der Waals surface area contributed by atoms with E-state index in [4.69, 9.17) is 4.74 Å². The average Bonchev–Trinajstić information content (AvgIpc) is 2.90. The fourth-order valence-electron chi connectivity index (χ4n) is 1.44. The molecular formula is C13H12N2O2. The first-order valence-electron chi connectivity index (χ1n) is 5.14. The summed E-state index contributed by atoms with van der Waals surface area (Å²) in [6, 6.07) is 7.51. The van der Waals surface area contributed by atoms with Crippen molar-refractivity contribution in [3.8, 4) is 5.75 Å². The van der Waals surface area contributed by atoms with Crippen molar-refractivity contribution in [2.24, 2.45) is 0 Å². The molecule has 0 amide bonds. The van der Waals surface area contributed by atoms with Crippen LogP contribution in [0.4, 0.5) is 0 Å². The molecule has 0 saturated carbocycles. The number of allylic oxidation sites excluding steroid dienone is 1. The van der Waals surface area contributed by atoms with E-state index in [-0.39, 0.29) is 5.91 Å². The lowest BCUT2D eigenvalue weighted by Gasteiger charge is -2.03. The van der Waals surface area contributed by atoms with Crippen LogP contribution in [-0.4, -0.2) is 22.6 Å². The van der Waals surface area contributed by atoms with Gasteiger partial charge in [-0.25, -0.2) is 4.98 Å². The van der Waals surface area contributed by atoms with Crippen molar-refractivity contribution in [3.63, 3.8) is 0 Å². The summed E-state index contributed by atoms with van der Waals surface area (Å²) in [4.78, 5) is 15.5. The van der Waals surface area contributed by atoms with E-state index in [9.17, 15) is 4.79 Å². The van der Waals surface area contributed by atoms with Gasteiger partial charge in [-0.05, 0) is 12.1 Å². The number of methoxy groups -OCH3 is 1. The third-order valence-electron chi connectivity index (χ3n) is 2.30. The fraction of sp³-hybridized carbons (Fsp3) is 0.0769. The molecule has 0 aliphatic heterocycles. The Morgan fingerprint density at radius 2 is 2.24 bits per heavy atom. The first-order chi connectivity index (χ1) is 8.31. The number of hydrogen-bond donors (Lipinski definition) is 0. The number of aromatic nitrogens is 2. The normalized spacial score (nSPS) is 10.6. The summed E-state index contributed by atoms with van der Waals surface area (Å²) in [5, 5.41) is 0. The van der Waals surface area contributed by atoms with Crippen LogP contribution >= 0.6 is 0 Å². The van der Waals surface area contributed by atoms with Crippen LogP contribution in [0.5, 0.6) is 5.75 Å². The zero-order chi connectivity index (χ0) is 12.1. The first-order valence-corrected chi connectivity index (χ1v) is 5.14. The highest BCUT2D eigenvalue weighted by atomic mass is 17.1. The number of rotatable bonds is 3. The van der Waals surface area contributed by atoms with Crippen molar-refractivity contribution in [2.75, 3.05) is 7.11 Å². The molecule has 17 heavy (non-hydrogen) atoms. The Morgan fingerprint density at radius 3 is 2.94 bits per heavy atom. The van der Waals surface area contributed by atoms with Crippen LogP contribution in [0.25, 0.3) is 6.08 Å². The van der Waals surface area contributed by atoms with Crippen LogP contribution in [0.15, 0.2) is 49.1 Å². The predicted octanol–water partition coefficient (Wildman–Crippen LogP) is 2.25. The van der Waals surface area contributed by atoms with Gasteiger partial charge in [0.2, 0.25) is 0 Å². The molecule has 0 aliphatic rings. The first kappa shape index (κ1) is 11.1. The van der Waals surface area contributed by atoms with Crippen molar-refractivity contribution in [3.05, 3.63) is 54.6 Å². The Hall–Kier alpha value is -2.36. The van der Waals surface area contributed by atoms with Gasteiger partial charge in [0.1, 0.15) is 12.1 Å². The molecule has 2 rings (SSSR count). The van der Waals surface area contributed by atoms with E-state index in [1.165, 1.54) is 17.0 Å². The standard InChI is InChI=1S/C13H12N2O2/c1-17-12-5-3-2-4-11(12)6-7-13(16)15-9-8-14-10-15/h2-10H,1H3/b7-6+/i16+1. The number of benzene rings is 1. The van der Waals surface area contributed by atoms with Crippen LogP contribution in [0.1, 0.15) is 10.4 Å². The number of ether oxygens (including phenoxy) is 1. The fourth-order valence-corrected chi connectivity index (χ4v) is 1.44. The van der Waals surface area contributed by atoms with E-state index < -0.39 is 0 Å². The summed E-state index contributed by atoms with van der Waals surface area (Å²) in [7, 11) is 1.60. The second kappa shape index (κ2) is 5.12. The lowest BCUT2D eigenvalue weighted by molar-refractivity contribution is 0.0969. The van der Waals surface area contributed by atoms with E-state index in [1.54, 1.807) is 25.6 Å². The SMILES string of the molecule is COc1ccccc1/C=C/C(=[17O])n1ccnc1. The molecule has 1 heterocycles. The number of carbonyl (C=O) groups excluding carboxylic acids is 1. The lowest BCUT2D eigenvalue weighted by Crippen LogP contribution is -2.03. The minimum atomic E-state index is -0.145. The van der Waals surface area contributed by atoms with Crippen LogP contribution in [0, 0.1) is 0 Å². The van der Waals surface area contributed by atoms with Crippen LogP contribution in [0.2, 0.25) is 0 Å². The highest BCUT2D eigenvalue weighted by molar-refractivity contribution is 5.93. The average molecular weight is 229 g/mol. The minimum Gasteiger partial charge on any atom is -0.496 e. The Morgan fingerprint density at radius 1 is 1.41 bits per heavy atom. The molecular weight excluding hydrogens is 217 g/mol. The van der Waals surface area contributed by atoms with Gasteiger partial charge in [-0.1, -0.05) is 18.2 Å². The van der Waals surface area contributed by atoms with Crippen molar-refractivity contribution < 1.29 is 9.53 Å². The molecule has 86 valence electrons. The van der Waals surface area contributed by atoms with Gasteiger partial charge in [0.15, 0.2) is 0 Å². The summed E-state index contributed by atoms with van der Waals surface area (Å²) >= 11 is 0. The lowest BCUT2D eigenvalue weighted by atomic mass is 10.2. The molecule has 0 aliphatic carbocycles. The molecule has 0 fully saturated rings. The summed E-state index contributed by atoms with van der Waals surface area (Å²) in [6.07, 6.45) is 7.85. The zero-order valence-electron chi connectivity index (χ0n) is 9.41. The topological polar surface area (TPSA) is 44.1 Å². The highest BCUT2D eigenvalue weighted by Crippen LogP contribution is 2.18. The van der Waals surface area contributed by atoms with Gasteiger partial charge in [-0.3, -0.25) is 9.36 Å². The van der Waals surface area contributed by atoms with Crippen LogP contribution in [-0.2, 0) is 0 Å². The van der Waals surface area contributed by atoms with E-state index in [2.05, 4.69) is 4.98 Å². The molecule has 0 saturated heterocycles. The van der Waals surface area contributed by atoms with Gasteiger partial charge in [0, 0.05) is 24.0 Å². The maximum atomic E-state index is 11.7. The second-order valence-electron chi connectivity index (χ2n) is 3.38. The molecule has 4 heteroatoms. The maximum Gasteiger partial charge on any atom is 0.255 e. The monoisotopic (exact) mass is 229 g/mol. The Bertz CT molecular complexity index is 530. The smallest absolute Gasteiger partial charge is 0.255 e. The number of hydrogen-bond acceptors (Lipinski definition) is 3. The molecule has 0 N–H and O–H groups in total. The largest absolute Gasteiger partial charge is 0.496 e. The van der Waals surface area contributed by atoms with E-state index in [0.717, 1.165) is 11.3 Å². The summed E-state index contributed by atoms with van der Waals surface area (Å²) in [6.45, 7) is 0. The highest BCUT2D eigenvalue weighted by Gasteiger charge is 2.00. The molecule has 0 radical (unpaired) electrons. The quantitative estimate of drug-likeness (QED) is 0.758. The zero-order valence-corrected chi connectivity index (χ0v) is 9.41. The Kier molecular flexibility index (Phi) is 3.35. The molecule has 4 nitrogen and oxygen atoms in total. The molecule has 0 atom stereocenters. The van der Waals surface area contributed by atoms with Gasteiger partial charge >= 0.3 is 0 Å². The van der Waals surface area contributed by atoms with Gasteiger partial charge in [0.05, 0.1) is 7.11 Å². The van der Waals surface area contributed by atoms with Crippen molar-refractivity contribution >= 4 is 12.0 Å². The van der Waals surface area contributed by atoms with E-state index in [0.29, 0.717) is 0 Å². The number of para-hydroxylation sites is 1. The van der Waals surface area contributed by atoms with Crippen molar-refractivity contribution in [1.82, 2.24) is 9.55 Å². The Labute approximate surface area is 99.2 Å². The third kappa shape index (κ3) is 2.60. The maximum absolute atomic E-state index is 11.7. The van der Waals surface area contributed by atoms with Crippen LogP contribution < -0.4 is 4.74 Å². The summed E-state index contributed by atoms with van der Waals surface area (Å²) < 4.78 is 6.60. The van der Waals surface area contributed by atoms with Gasteiger partial charge < -0.3 is 4.74 Å². The third-order valence-corrected chi connectivity index (χ3v) is 2.30. The summed E-state index contributed by atoms with van der Waals surface area (Å²) in [5.41, 5.74) is 0.864. The number of carbonyl (C=O) groups is 1. The molecule has 2 aromatic rings. The van der Waals surface area contributed by atoms with Gasteiger partial charge in [-0.15, -0.1) is 0 Å². The minimum absolute atomic E-state index is 0.145. The number of imidazole rings is 1. The van der Waals surface area contributed by atoms with Crippen molar-refractivity contribution in [1.29, 1.82) is 0 Å². The van der Waals surface area contributed by atoms with E-state index in [1.807, 2.05) is 24.3 Å². The molecule has 0 unspecified atom stereocenters. The van der Waals surface area contributed by atoms with E-state index >= 15 is 0 Å². The van der Waals surface area contributed by atoms with Gasteiger partial charge in [0.25, 0.3) is 5.91 Å². The van der Waals surface area contributed by atoms with Gasteiger partial charge in [-0.2, -0.15) is 0 Å².